The van der Waals surface area contributed by atoms with Crippen LogP contribution in [0.4, 0.5) is 11.4 Å². The molecule has 1 aromatic carbocycles. The lowest BCUT2D eigenvalue weighted by Crippen LogP contribution is -2.02. The molecule has 0 saturated heterocycles. The molecule has 30 heavy (non-hydrogen) atoms. The average Bonchev–Trinajstić information content (AvgIpc) is 3.22. The van der Waals surface area contributed by atoms with Crippen LogP contribution in [0.15, 0.2) is 47.1 Å². The predicted molar refractivity (Wildman–Crippen MR) is 115 cm³/mol. The summed E-state index contributed by atoms with van der Waals surface area (Å²) in [6.45, 7) is 3.88. The van der Waals surface area contributed by atoms with Gasteiger partial charge in [0.2, 0.25) is 0 Å². The molecule has 0 bridgehead atoms. The Morgan fingerprint density at radius 1 is 1.13 bits per heavy atom. The Hall–Kier alpha value is -3.52. The molecule has 0 aliphatic rings. The van der Waals surface area contributed by atoms with Gasteiger partial charge in [-0.3, -0.25) is 0 Å². The first-order chi connectivity index (χ1) is 14.1. The fraction of sp³-hybridized carbons (Fsp3) is 0.190. The van der Waals surface area contributed by atoms with Crippen LogP contribution < -0.4 is 5.32 Å². The molecule has 4 aromatic rings. The van der Waals surface area contributed by atoms with Gasteiger partial charge in [-0.15, -0.1) is 12.4 Å². The van der Waals surface area contributed by atoms with Gasteiger partial charge in [0.15, 0.2) is 11.5 Å². The number of aromatic nitrogens is 4. The van der Waals surface area contributed by atoms with E-state index in [1.165, 1.54) is 7.11 Å². The van der Waals surface area contributed by atoms with Crippen LogP contribution >= 0.6 is 12.4 Å². The third-order valence-electron chi connectivity index (χ3n) is 4.46. The number of methoxy groups -OCH3 is 1. The fourth-order valence-corrected chi connectivity index (χ4v) is 2.93. The Kier molecular flexibility index (Phi) is 6.27. The molecule has 4 rings (SSSR count). The van der Waals surface area contributed by atoms with Gasteiger partial charge >= 0.3 is 5.97 Å². The monoisotopic (exact) mass is 425 g/mol. The fourth-order valence-electron chi connectivity index (χ4n) is 2.93. The van der Waals surface area contributed by atoms with Crippen molar-refractivity contribution < 1.29 is 14.1 Å². The molecule has 0 atom stereocenters. The van der Waals surface area contributed by atoms with Gasteiger partial charge in [0.05, 0.1) is 23.9 Å². The number of nitrogens with one attached hydrogen (secondary N) is 1. The quantitative estimate of drug-likeness (QED) is 0.466. The smallest absolute Gasteiger partial charge is 0.337 e. The Morgan fingerprint density at radius 3 is 2.57 bits per heavy atom. The Bertz CT molecular complexity index is 1190. The molecule has 1 N–H and O–H groups in total. The van der Waals surface area contributed by atoms with Crippen molar-refractivity contribution in [3.8, 4) is 11.5 Å². The molecule has 0 spiro atoms. The summed E-state index contributed by atoms with van der Waals surface area (Å²) in [5.41, 5.74) is 4.16. The summed E-state index contributed by atoms with van der Waals surface area (Å²) in [6, 6.07) is 10.9. The minimum atomic E-state index is -0.385. The van der Waals surface area contributed by atoms with Crippen LogP contribution in [0.25, 0.3) is 22.5 Å². The Morgan fingerprint density at radius 2 is 1.90 bits per heavy atom. The predicted octanol–water partition coefficient (Wildman–Crippen LogP) is 4.50. The minimum absolute atomic E-state index is 0. The van der Waals surface area contributed by atoms with Crippen LogP contribution in [0.2, 0.25) is 0 Å². The number of aryl methyl sites for hydroxylation is 2. The number of anilines is 2. The number of pyridine rings is 2. The molecule has 3 aromatic heterocycles. The first-order valence-electron chi connectivity index (χ1n) is 9.13. The topological polar surface area (TPSA) is 103 Å². The van der Waals surface area contributed by atoms with E-state index in [0.717, 1.165) is 22.5 Å². The Balaban J connectivity index is 0.00000256. The number of esters is 1. The van der Waals surface area contributed by atoms with E-state index in [0.29, 0.717) is 34.9 Å². The molecule has 0 radical (unpaired) electrons. The van der Waals surface area contributed by atoms with Crippen LogP contribution in [0.1, 0.15) is 28.8 Å². The second kappa shape index (κ2) is 8.87. The number of halogens is 1. The highest BCUT2D eigenvalue weighted by Gasteiger charge is 2.17. The zero-order valence-corrected chi connectivity index (χ0v) is 17.5. The molecule has 0 aliphatic carbocycles. The van der Waals surface area contributed by atoms with Gasteiger partial charge < -0.3 is 14.6 Å². The maximum absolute atomic E-state index is 11.7. The van der Waals surface area contributed by atoms with E-state index < -0.39 is 0 Å². The van der Waals surface area contributed by atoms with E-state index in [4.69, 9.17) is 9.26 Å². The second-order valence-electron chi connectivity index (χ2n) is 6.43. The highest BCUT2D eigenvalue weighted by Crippen LogP contribution is 2.34. The lowest BCUT2D eigenvalue weighted by Gasteiger charge is -2.13. The number of ether oxygens (including phenoxy) is 1. The van der Waals surface area contributed by atoms with Crippen molar-refractivity contribution in [1.29, 1.82) is 0 Å². The summed E-state index contributed by atoms with van der Waals surface area (Å²) in [6.07, 6.45) is 2.34. The molecule has 8 nitrogen and oxygen atoms in total. The van der Waals surface area contributed by atoms with Crippen LogP contribution in [0.3, 0.4) is 0 Å². The highest BCUT2D eigenvalue weighted by molar-refractivity contribution is 5.98. The summed E-state index contributed by atoms with van der Waals surface area (Å²) < 4.78 is 10.2. The third-order valence-corrected chi connectivity index (χ3v) is 4.46. The normalized spacial score (nSPS) is 10.5. The summed E-state index contributed by atoms with van der Waals surface area (Å²) >= 11 is 0. The maximum atomic E-state index is 11.7. The zero-order valence-electron chi connectivity index (χ0n) is 16.7. The van der Waals surface area contributed by atoms with E-state index in [2.05, 4.69) is 25.4 Å². The van der Waals surface area contributed by atoms with E-state index in [1.54, 1.807) is 30.5 Å². The van der Waals surface area contributed by atoms with E-state index in [-0.39, 0.29) is 18.4 Å². The van der Waals surface area contributed by atoms with Crippen LogP contribution in [-0.2, 0) is 11.2 Å². The van der Waals surface area contributed by atoms with Gasteiger partial charge in [0.1, 0.15) is 0 Å². The molecule has 0 saturated carbocycles. The van der Waals surface area contributed by atoms with E-state index in [9.17, 15) is 4.79 Å². The number of hydrogen-bond donors (Lipinski definition) is 1. The number of nitrogens with zero attached hydrogens (tertiary/aromatic N) is 4. The summed E-state index contributed by atoms with van der Waals surface area (Å²) in [7, 11) is 1.35. The van der Waals surface area contributed by atoms with Gasteiger partial charge in [-0.1, -0.05) is 12.1 Å². The molecule has 0 aliphatic heterocycles. The second-order valence-corrected chi connectivity index (χ2v) is 6.43. The van der Waals surface area contributed by atoms with Gasteiger partial charge in [0, 0.05) is 29.4 Å². The Labute approximate surface area is 179 Å². The SMILES string of the molecule is CCc1noc(-c2cnc3nc(C)ccc3c2Nc2ccc(C(=O)OC)cc2)n1.Cl. The van der Waals surface area contributed by atoms with Crippen LogP contribution in [0, 0.1) is 6.92 Å². The van der Waals surface area contributed by atoms with Crippen molar-refractivity contribution >= 4 is 40.8 Å². The van der Waals surface area contributed by atoms with Gasteiger partial charge in [-0.05, 0) is 43.3 Å². The number of rotatable bonds is 5. The molecule has 0 unspecified atom stereocenters. The van der Waals surface area contributed by atoms with E-state index >= 15 is 0 Å². The van der Waals surface area contributed by atoms with Gasteiger partial charge in [0.25, 0.3) is 5.89 Å². The average molecular weight is 426 g/mol. The van der Waals surface area contributed by atoms with Crippen molar-refractivity contribution in [3.63, 3.8) is 0 Å². The molecular formula is C21H20ClN5O3. The van der Waals surface area contributed by atoms with Crippen LogP contribution in [-0.4, -0.2) is 33.2 Å². The van der Waals surface area contributed by atoms with Crippen molar-refractivity contribution in [3.05, 3.63) is 59.7 Å². The third kappa shape index (κ3) is 4.08. The van der Waals surface area contributed by atoms with Crippen molar-refractivity contribution in [2.24, 2.45) is 0 Å². The summed E-state index contributed by atoms with van der Waals surface area (Å²) in [5, 5.41) is 8.19. The first kappa shape index (κ1) is 21.2. The molecule has 3 heterocycles. The lowest BCUT2D eigenvalue weighted by molar-refractivity contribution is 0.0601. The van der Waals surface area contributed by atoms with Crippen molar-refractivity contribution in [2.45, 2.75) is 20.3 Å². The number of hydrogen-bond acceptors (Lipinski definition) is 8. The minimum Gasteiger partial charge on any atom is -0.465 e. The standard InChI is InChI=1S/C21H19N5O3.ClH/c1-4-17-25-20(29-26-17)16-11-22-19-15(10-5-12(2)23-19)18(16)24-14-8-6-13(7-9-14)21(27)28-3;/h5-11H,4H2,1-3H3,(H,22,23,24);1H. The number of fused-ring (bicyclic) bond motifs is 1. The maximum Gasteiger partial charge on any atom is 0.337 e. The largest absolute Gasteiger partial charge is 0.465 e. The zero-order chi connectivity index (χ0) is 20.4. The molecule has 0 fully saturated rings. The molecule has 0 amide bonds. The molecule has 9 heteroatoms. The number of benzene rings is 1. The number of carbonyl (C=O) groups is 1. The van der Waals surface area contributed by atoms with E-state index in [1.807, 2.05) is 26.0 Å². The van der Waals surface area contributed by atoms with Crippen LogP contribution in [0.5, 0.6) is 0 Å². The molecule has 154 valence electrons. The first-order valence-corrected chi connectivity index (χ1v) is 9.13. The van der Waals surface area contributed by atoms with Crippen molar-refractivity contribution in [1.82, 2.24) is 20.1 Å². The molecular weight excluding hydrogens is 406 g/mol. The lowest BCUT2D eigenvalue weighted by atomic mass is 10.1. The summed E-state index contributed by atoms with van der Waals surface area (Å²) in [4.78, 5) is 25.1. The summed E-state index contributed by atoms with van der Waals surface area (Å²) in [5.74, 6) is 0.616. The van der Waals surface area contributed by atoms with Gasteiger partial charge in [-0.25, -0.2) is 14.8 Å². The number of carbonyl (C=O) groups excluding carboxylic acids is 1. The van der Waals surface area contributed by atoms with Gasteiger partial charge in [-0.2, -0.15) is 4.98 Å². The highest BCUT2D eigenvalue weighted by atomic mass is 35.5. The van der Waals surface area contributed by atoms with Crippen molar-refractivity contribution in [2.75, 3.05) is 12.4 Å².